The number of nitrogens with one attached hydrogen (secondary N) is 1. The number of rotatable bonds is 7. The van der Waals surface area contributed by atoms with E-state index in [4.69, 9.17) is 0 Å². The van der Waals surface area contributed by atoms with Gasteiger partial charge in [-0.25, -0.2) is 0 Å². The third-order valence-electron chi connectivity index (χ3n) is 3.47. The third-order valence-corrected chi connectivity index (χ3v) is 3.47. The lowest BCUT2D eigenvalue weighted by molar-refractivity contribution is 0.255. The third kappa shape index (κ3) is 6.42. The second-order valence-electron chi connectivity index (χ2n) is 5.78. The first-order valence-corrected chi connectivity index (χ1v) is 6.03. The monoisotopic (exact) mass is 199 g/mol. The van der Waals surface area contributed by atoms with E-state index in [2.05, 4.69) is 39.9 Å². The molecule has 0 saturated heterocycles. The maximum atomic E-state index is 3.23. The lowest BCUT2D eigenvalue weighted by atomic mass is 9.80. The van der Waals surface area contributed by atoms with Crippen molar-refractivity contribution in [1.82, 2.24) is 5.32 Å². The van der Waals surface area contributed by atoms with Crippen molar-refractivity contribution >= 4 is 0 Å². The molecule has 0 amide bonds. The van der Waals surface area contributed by atoms with Gasteiger partial charge < -0.3 is 5.32 Å². The standard InChI is InChI=1S/C13H29N/c1-11(2)12(3)7-8-13(4,5)9-10-14-6/h11-12,14H,7-10H2,1-6H3. The van der Waals surface area contributed by atoms with Crippen molar-refractivity contribution in [3.63, 3.8) is 0 Å². The Bertz CT molecular complexity index is 138. The average Bonchev–Trinajstić information content (AvgIpc) is 2.11. The fraction of sp³-hybridized carbons (Fsp3) is 1.00. The van der Waals surface area contributed by atoms with E-state index in [0.717, 1.165) is 18.4 Å². The van der Waals surface area contributed by atoms with E-state index in [1.165, 1.54) is 19.3 Å². The molecule has 0 saturated carbocycles. The maximum Gasteiger partial charge on any atom is -0.00468 e. The van der Waals surface area contributed by atoms with Gasteiger partial charge in [-0.05, 0) is 50.1 Å². The predicted molar refractivity (Wildman–Crippen MR) is 65.6 cm³/mol. The predicted octanol–water partition coefficient (Wildman–Crippen LogP) is 3.69. The fourth-order valence-electron chi connectivity index (χ4n) is 1.54. The molecular weight excluding hydrogens is 170 g/mol. The Morgan fingerprint density at radius 2 is 1.64 bits per heavy atom. The van der Waals surface area contributed by atoms with Gasteiger partial charge in [-0.2, -0.15) is 0 Å². The Labute approximate surface area is 90.7 Å². The molecule has 86 valence electrons. The molecule has 14 heavy (non-hydrogen) atoms. The van der Waals surface area contributed by atoms with Gasteiger partial charge in [-0.3, -0.25) is 0 Å². The second kappa shape index (κ2) is 6.44. The molecule has 0 aromatic rings. The minimum Gasteiger partial charge on any atom is -0.320 e. The first kappa shape index (κ1) is 14.0. The summed E-state index contributed by atoms with van der Waals surface area (Å²) in [6.07, 6.45) is 4.01. The van der Waals surface area contributed by atoms with E-state index in [0.29, 0.717) is 5.41 Å². The first-order chi connectivity index (χ1) is 6.39. The van der Waals surface area contributed by atoms with Crippen molar-refractivity contribution in [2.24, 2.45) is 17.3 Å². The number of hydrogen-bond acceptors (Lipinski definition) is 1. The van der Waals surface area contributed by atoms with Crippen LogP contribution in [0.15, 0.2) is 0 Å². The zero-order valence-corrected chi connectivity index (χ0v) is 11.0. The van der Waals surface area contributed by atoms with Crippen molar-refractivity contribution in [2.75, 3.05) is 13.6 Å². The molecule has 1 unspecified atom stereocenters. The molecule has 0 heterocycles. The highest BCUT2D eigenvalue weighted by Crippen LogP contribution is 2.29. The lowest BCUT2D eigenvalue weighted by Crippen LogP contribution is -2.20. The van der Waals surface area contributed by atoms with Crippen molar-refractivity contribution in [3.05, 3.63) is 0 Å². The van der Waals surface area contributed by atoms with Gasteiger partial charge in [0, 0.05) is 0 Å². The molecular formula is C13H29N. The molecule has 1 N–H and O–H groups in total. The zero-order chi connectivity index (χ0) is 11.2. The highest BCUT2D eigenvalue weighted by atomic mass is 14.8. The zero-order valence-electron chi connectivity index (χ0n) is 11.0. The van der Waals surface area contributed by atoms with Gasteiger partial charge in [-0.1, -0.05) is 34.6 Å². The summed E-state index contributed by atoms with van der Waals surface area (Å²) in [4.78, 5) is 0. The van der Waals surface area contributed by atoms with Crippen LogP contribution in [0, 0.1) is 17.3 Å². The van der Waals surface area contributed by atoms with Crippen LogP contribution in [0.3, 0.4) is 0 Å². The quantitative estimate of drug-likeness (QED) is 0.659. The Morgan fingerprint density at radius 1 is 1.07 bits per heavy atom. The van der Waals surface area contributed by atoms with Crippen LogP contribution >= 0.6 is 0 Å². The van der Waals surface area contributed by atoms with Gasteiger partial charge in [0.15, 0.2) is 0 Å². The highest BCUT2D eigenvalue weighted by Gasteiger charge is 2.19. The van der Waals surface area contributed by atoms with E-state index in [1.54, 1.807) is 0 Å². The fourth-order valence-corrected chi connectivity index (χ4v) is 1.54. The number of hydrogen-bond donors (Lipinski definition) is 1. The molecule has 0 aromatic heterocycles. The topological polar surface area (TPSA) is 12.0 Å². The van der Waals surface area contributed by atoms with Crippen LogP contribution in [-0.4, -0.2) is 13.6 Å². The van der Waals surface area contributed by atoms with Crippen molar-refractivity contribution < 1.29 is 0 Å². The molecule has 0 fully saturated rings. The molecule has 0 aliphatic rings. The Kier molecular flexibility index (Phi) is 6.43. The van der Waals surface area contributed by atoms with Crippen molar-refractivity contribution in [2.45, 2.75) is 53.9 Å². The van der Waals surface area contributed by atoms with Gasteiger partial charge in [0.05, 0.1) is 0 Å². The summed E-state index contributed by atoms with van der Waals surface area (Å²) in [6, 6.07) is 0. The summed E-state index contributed by atoms with van der Waals surface area (Å²) in [5, 5.41) is 3.23. The summed E-state index contributed by atoms with van der Waals surface area (Å²) >= 11 is 0. The molecule has 1 heteroatoms. The molecule has 1 nitrogen and oxygen atoms in total. The van der Waals surface area contributed by atoms with Crippen LogP contribution in [0.2, 0.25) is 0 Å². The van der Waals surface area contributed by atoms with Crippen LogP contribution in [0.4, 0.5) is 0 Å². The summed E-state index contributed by atoms with van der Waals surface area (Å²) in [5.74, 6) is 1.69. The van der Waals surface area contributed by atoms with Crippen LogP contribution in [0.5, 0.6) is 0 Å². The van der Waals surface area contributed by atoms with E-state index in [-0.39, 0.29) is 0 Å². The molecule has 0 aliphatic heterocycles. The molecule has 0 spiro atoms. The van der Waals surface area contributed by atoms with E-state index in [9.17, 15) is 0 Å². The average molecular weight is 199 g/mol. The van der Waals surface area contributed by atoms with Gasteiger partial charge in [0.25, 0.3) is 0 Å². The molecule has 1 atom stereocenters. The smallest absolute Gasteiger partial charge is 0.00468 e. The SMILES string of the molecule is CNCCC(C)(C)CCC(C)C(C)C. The normalized spacial score (nSPS) is 14.8. The van der Waals surface area contributed by atoms with Crippen LogP contribution in [0.25, 0.3) is 0 Å². The Morgan fingerprint density at radius 3 is 2.07 bits per heavy atom. The van der Waals surface area contributed by atoms with Crippen LogP contribution in [0.1, 0.15) is 53.9 Å². The largest absolute Gasteiger partial charge is 0.320 e. The van der Waals surface area contributed by atoms with Gasteiger partial charge >= 0.3 is 0 Å². The minimum atomic E-state index is 0.506. The van der Waals surface area contributed by atoms with E-state index in [1.807, 2.05) is 7.05 Å². The summed E-state index contributed by atoms with van der Waals surface area (Å²) in [5.41, 5.74) is 0.506. The van der Waals surface area contributed by atoms with Crippen LogP contribution < -0.4 is 5.32 Å². The minimum absolute atomic E-state index is 0.506. The molecule has 0 aliphatic carbocycles. The lowest BCUT2D eigenvalue weighted by Gasteiger charge is -2.27. The van der Waals surface area contributed by atoms with E-state index >= 15 is 0 Å². The molecule has 0 aromatic carbocycles. The van der Waals surface area contributed by atoms with Crippen LogP contribution in [-0.2, 0) is 0 Å². The first-order valence-electron chi connectivity index (χ1n) is 6.03. The Hall–Kier alpha value is -0.0400. The molecule has 0 bridgehead atoms. The summed E-state index contributed by atoms with van der Waals surface area (Å²) < 4.78 is 0. The molecule has 0 rings (SSSR count). The highest BCUT2D eigenvalue weighted by molar-refractivity contribution is 4.71. The van der Waals surface area contributed by atoms with Gasteiger partial charge in [0.1, 0.15) is 0 Å². The van der Waals surface area contributed by atoms with Gasteiger partial charge in [0.2, 0.25) is 0 Å². The van der Waals surface area contributed by atoms with Crippen molar-refractivity contribution in [1.29, 1.82) is 0 Å². The van der Waals surface area contributed by atoms with Gasteiger partial charge in [-0.15, -0.1) is 0 Å². The summed E-state index contributed by atoms with van der Waals surface area (Å²) in [7, 11) is 2.03. The molecule has 0 radical (unpaired) electrons. The summed E-state index contributed by atoms with van der Waals surface area (Å²) in [6.45, 7) is 12.9. The Balaban J connectivity index is 3.74. The second-order valence-corrected chi connectivity index (χ2v) is 5.78. The van der Waals surface area contributed by atoms with Crippen molar-refractivity contribution in [3.8, 4) is 0 Å². The maximum absolute atomic E-state index is 3.23. The van der Waals surface area contributed by atoms with E-state index < -0.39 is 0 Å².